The quantitative estimate of drug-likeness (QED) is 0.707. The Bertz CT molecular complexity index is 316. The minimum atomic E-state index is 0.127. The van der Waals surface area contributed by atoms with Crippen LogP contribution in [0, 0.1) is 0 Å². The van der Waals surface area contributed by atoms with Gasteiger partial charge in [-0.2, -0.15) is 0 Å². The predicted molar refractivity (Wildman–Crippen MR) is 69.6 cm³/mol. The molecular weight excluding hydrogens is 216 g/mol. The third kappa shape index (κ3) is 5.54. The van der Waals surface area contributed by atoms with Crippen LogP contribution in [0.1, 0.15) is 27.2 Å². The van der Waals surface area contributed by atoms with Gasteiger partial charge in [-0.1, -0.05) is 6.92 Å². The van der Waals surface area contributed by atoms with Crippen molar-refractivity contribution in [2.75, 3.05) is 25.1 Å². The first-order chi connectivity index (χ1) is 8.24. The van der Waals surface area contributed by atoms with E-state index in [1.54, 1.807) is 6.20 Å². The first-order valence-electron chi connectivity index (χ1n) is 6.17. The summed E-state index contributed by atoms with van der Waals surface area (Å²) in [6.45, 7) is 8.35. The lowest BCUT2D eigenvalue weighted by Crippen LogP contribution is -2.13. The highest BCUT2D eigenvalue weighted by Gasteiger charge is 2.05. The van der Waals surface area contributed by atoms with Crippen LogP contribution in [0.2, 0.25) is 0 Å². The maximum atomic E-state index is 5.61. The van der Waals surface area contributed by atoms with Crippen molar-refractivity contribution in [3.63, 3.8) is 0 Å². The first-order valence-corrected chi connectivity index (χ1v) is 6.17. The van der Waals surface area contributed by atoms with E-state index in [-0.39, 0.29) is 6.10 Å². The Balaban J connectivity index is 2.40. The van der Waals surface area contributed by atoms with Crippen LogP contribution < -0.4 is 10.1 Å². The van der Waals surface area contributed by atoms with Gasteiger partial charge in [-0.3, -0.25) is 0 Å². The molecule has 1 rings (SSSR count). The summed E-state index contributed by atoms with van der Waals surface area (Å²) < 4.78 is 11.0. The van der Waals surface area contributed by atoms with Crippen molar-refractivity contribution in [2.24, 2.45) is 0 Å². The van der Waals surface area contributed by atoms with Crippen LogP contribution in [0.25, 0.3) is 0 Å². The van der Waals surface area contributed by atoms with Gasteiger partial charge in [-0.15, -0.1) is 0 Å². The lowest BCUT2D eigenvalue weighted by molar-refractivity contribution is 0.144. The number of hydrogen-bond donors (Lipinski definition) is 1. The van der Waals surface area contributed by atoms with Crippen LogP contribution in [0.15, 0.2) is 18.3 Å². The molecule has 0 aliphatic rings. The van der Waals surface area contributed by atoms with Crippen molar-refractivity contribution >= 4 is 5.69 Å². The number of hydrogen-bond acceptors (Lipinski definition) is 4. The van der Waals surface area contributed by atoms with Gasteiger partial charge < -0.3 is 14.8 Å². The van der Waals surface area contributed by atoms with E-state index in [0.29, 0.717) is 12.5 Å². The van der Waals surface area contributed by atoms with Crippen molar-refractivity contribution in [2.45, 2.75) is 33.3 Å². The fourth-order valence-corrected chi connectivity index (χ4v) is 1.35. The number of nitrogens with one attached hydrogen (secondary N) is 1. The smallest absolute Gasteiger partial charge is 0.237 e. The van der Waals surface area contributed by atoms with Gasteiger partial charge in [0.25, 0.3) is 0 Å². The van der Waals surface area contributed by atoms with Gasteiger partial charge in [0.2, 0.25) is 5.88 Å². The minimum Gasteiger partial charge on any atom is -0.473 e. The topological polar surface area (TPSA) is 43.4 Å². The molecule has 1 heterocycles. The van der Waals surface area contributed by atoms with E-state index in [4.69, 9.17) is 9.47 Å². The van der Waals surface area contributed by atoms with Crippen molar-refractivity contribution in [3.8, 4) is 5.88 Å². The molecule has 1 aromatic heterocycles. The number of ether oxygens (including phenoxy) is 2. The zero-order chi connectivity index (χ0) is 12.5. The van der Waals surface area contributed by atoms with Gasteiger partial charge in [0.05, 0.1) is 18.4 Å². The van der Waals surface area contributed by atoms with Crippen LogP contribution in [0.4, 0.5) is 5.69 Å². The van der Waals surface area contributed by atoms with Crippen LogP contribution >= 0.6 is 0 Å². The van der Waals surface area contributed by atoms with Gasteiger partial charge in [-0.05, 0) is 32.4 Å². The van der Waals surface area contributed by atoms with Crippen LogP contribution in [0.3, 0.4) is 0 Å². The van der Waals surface area contributed by atoms with Crippen LogP contribution in [-0.2, 0) is 4.74 Å². The maximum absolute atomic E-state index is 5.61. The van der Waals surface area contributed by atoms with E-state index in [2.05, 4.69) is 17.2 Å². The van der Waals surface area contributed by atoms with Crippen LogP contribution in [-0.4, -0.2) is 30.8 Å². The molecule has 0 amide bonds. The summed E-state index contributed by atoms with van der Waals surface area (Å²) in [4.78, 5) is 4.21. The third-order valence-electron chi connectivity index (χ3n) is 2.03. The average Bonchev–Trinajstić information content (AvgIpc) is 2.30. The molecular formula is C13H22N2O2. The normalized spacial score (nSPS) is 10.6. The summed E-state index contributed by atoms with van der Waals surface area (Å²) in [6, 6.07) is 3.85. The standard InChI is InChI=1S/C13H22N2O2/c1-4-9-16-10-8-14-12-6-5-7-15-13(12)17-11(2)3/h5-7,11,14H,4,8-10H2,1-3H3. The van der Waals surface area contributed by atoms with E-state index < -0.39 is 0 Å². The Labute approximate surface area is 103 Å². The first kappa shape index (κ1) is 13.8. The molecule has 4 heteroatoms. The molecule has 1 aromatic rings. The molecule has 0 bridgehead atoms. The second-order valence-corrected chi connectivity index (χ2v) is 4.06. The Morgan fingerprint density at radius 1 is 1.35 bits per heavy atom. The van der Waals surface area contributed by atoms with E-state index in [1.165, 1.54) is 0 Å². The third-order valence-corrected chi connectivity index (χ3v) is 2.03. The largest absolute Gasteiger partial charge is 0.473 e. The highest BCUT2D eigenvalue weighted by molar-refractivity contribution is 5.51. The molecule has 0 radical (unpaired) electrons. The second-order valence-electron chi connectivity index (χ2n) is 4.06. The highest BCUT2D eigenvalue weighted by Crippen LogP contribution is 2.21. The number of rotatable bonds is 8. The van der Waals surface area contributed by atoms with Crippen LogP contribution in [0.5, 0.6) is 5.88 Å². The Morgan fingerprint density at radius 2 is 2.18 bits per heavy atom. The van der Waals surface area contributed by atoms with Gasteiger partial charge in [0.15, 0.2) is 0 Å². The van der Waals surface area contributed by atoms with E-state index >= 15 is 0 Å². The molecule has 0 unspecified atom stereocenters. The highest BCUT2D eigenvalue weighted by atomic mass is 16.5. The second kappa shape index (κ2) is 7.90. The van der Waals surface area contributed by atoms with Gasteiger partial charge >= 0.3 is 0 Å². The Hall–Kier alpha value is -1.29. The fraction of sp³-hybridized carbons (Fsp3) is 0.615. The summed E-state index contributed by atoms with van der Waals surface area (Å²) >= 11 is 0. The number of aromatic nitrogens is 1. The summed E-state index contributed by atoms with van der Waals surface area (Å²) in [6.07, 6.45) is 2.91. The molecule has 4 nitrogen and oxygen atoms in total. The molecule has 0 aliphatic heterocycles. The number of nitrogens with zero attached hydrogens (tertiary/aromatic N) is 1. The zero-order valence-corrected chi connectivity index (χ0v) is 10.9. The van der Waals surface area contributed by atoms with E-state index in [0.717, 1.165) is 25.3 Å². The van der Waals surface area contributed by atoms with Crippen molar-refractivity contribution < 1.29 is 9.47 Å². The number of pyridine rings is 1. The van der Waals surface area contributed by atoms with Gasteiger partial charge in [-0.25, -0.2) is 4.98 Å². The predicted octanol–water partition coefficient (Wildman–Crippen LogP) is 2.71. The van der Waals surface area contributed by atoms with Crippen molar-refractivity contribution in [1.82, 2.24) is 4.98 Å². The van der Waals surface area contributed by atoms with Crippen molar-refractivity contribution in [1.29, 1.82) is 0 Å². The Morgan fingerprint density at radius 3 is 2.88 bits per heavy atom. The molecule has 17 heavy (non-hydrogen) atoms. The minimum absolute atomic E-state index is 0.127. The summed E-state index contributed by atoms with van der Waals surface area (Å²) in [5.74, 6) is 0.651. The summed E-state index contributed by atoms with van der Waals surface area (Å²) in [7, 11) is 0. The number of anilines is 1. The average molecular weight is 238 g/mol. The molecule has 0 saturated heterocycles. The summed E-state index contributed by atoms with van der Waals surface area (Å²) in [5.41, 5.74) is 0.918. The molecule has 0 aromatic carbocycles. The Kier molecular flexibility index (Phi) is 6.40. The molecule has 0 saturated carbocycles. The van der Waals surface area contributed by atoms with Gasteiger partial charge in [0.1, 0.15) is 0 Å². The monoisotopic (exact) mass is 238 g/mol. The zero-order valence-electron chi connectivity index (χ0n) is 10.9. The fourth-order valence-electron chi connectivity index (χ4n) is 1.35. The molecule has 0 aliphatic carbocycles. The SMILES string of the molecule is CCCOCCNc1cccnc1OC(C)C. The molecule has 0 spiro atoms. The lowest BCUT2D eigenvalue weighted by atomic mass is 10.4. The van der Waals surface area contributed by atoms with Crippen molar-refractivity contribution in [3.05, 3.63) is 18.3 Å². The van der Waals surface area contributed by atoms with Gasteiger partial charge in [0, 0.05) is 19.3 Å². The molecule has 1 N–H and O–H groups in total. The molecule has 0 atom stereocenters. The van der Waals surface area contributed by atoms with E-state index in [1.807, 2.05) is 26.0 Å². The molecule has 96 valence electrons. The summed E-state index contributed by atoms with van der Waals surface area (Å²) in [5, 5.41) is 3.27. The molecule has 0 fully saturated rings. The van der Waals surface area contributed by atoms with E-state index in [9.17, 15) is 0 Å². The lowest BCUT2D eigenvalue weighted by Gasteiger charge is -2.14. The maximum Gasteiger partial charge on any atom is 0.237 e.